The van der Waals surface area contributed by atoms with Gasteiger partial charge in [0, 0.05) is 22.6 Å². The van der Waals surface area contributed by atoms with Crippen molar-refractivity contribution in [1.82, 2.24) is 9.97 Å². The Morgan fingerprint density at radius 3 is 2.86 bits per heavy atom. The monoisotopic (exact) mass is 469 g/mol. The Morgan fingerprint density at radius 2 is 2.18 bits per heavy atom. The number of nitro benzene ring substituents is 1. The van der Waals surface area contributed by atoms with Gasteiger partial charge in [0.1, 0.15) is 18.8 Å². The number of halogens is 3. The van der Waals surface area contributed by atoms with Crippen molar-refractivity contribution in [1.29, 1.82) is 0 Å². The third-order valence-corrected chi connectivity index (χ3v) is 4.96. The number of nitro groups is 1. The summed E-state index contributed by atoms with van der Waals surface area (Å²) >= 11 is 9.04. The summed E-state index contributed by atoms with van der Waals surface area (Å²) in [6.45, 7) is 1.82. The fourth-order valence-electron chi connectivity index (χ4n) is 2.40. The highest BCUT2D eigenvalue weighted by Gasteiger charge is 2.20. The van der Waals surface area contributed by atoms with E-state index < -0.39 is 10.7 Å². The zero-order valence-electron chi connectivity index (χ0n) is 14.4. The molecule has 28 heavy (non-hydrogen) atoms. The lowest BCUT2D eigenvalue weighted by Gasteiger charge is -2.13. The van der Waals surface area contributed by atoms with Crippen LogP contribution in [0.3, 0.4) is 0 Å². The standard InChI is InChI=1S/C17H14BrClFN5O3/c1-8(21)6-28-14-5-12-9(4-13(14)25(26)27)17(23-7-22-12)24-11-3-2-10(18)15(19)16(11)20/h2-5,7-8H,6,21H2,1H3,(H,22,23,24). The molecular weight excluding hydrogens is 457 g/mol. The Bertz CT molecular complexity index is 1070. The Hall–Kier alpha value is -2.56. The van der Waals surface area contributed by atoms with Gasteiger partial charge < -0.3 is 15.8 Å². The third-order valence-electron chi connectivity index (χ3n) is 3.70. The van der Waals surface area contributed by atoms with Gasteiger partial charge in [-0.2, -0.15) is 0 Å². The summed E-state index contributed by atoms with van der Waals surface area (Å²) < 4.78 is 20.2. The minimum Gasteiger partial charge on any atom is -0.485 e. The first-order valence-corrected chi connectivity index (χ1v) is 9.17. The van der Waals surface area contributed by atoms with Crippen LogP contribution in [0.1, 0.15) is 6.92 Å². The summed E-state index contributed by atoms with van der Waals surface area (Å²) in [4.78, 5) is 19.1. The van der Waals surface area contributed by atoms with Crippen molar-refractivity contribution in [2.75, 3.05) is 11.9 Å². The number of ether oxygens (including phenoxy) is 1. The van der Waals surface area contributed by atoms with Crippen LogP contribution < -0.4 is 15.8 Å². The molecular formula is C17H14BrClFN5O3. The molecule has 8 nitrogen and oxygen atoms in total. The van der Waals surface area contributed by atoms with Gasteiger partial charge in [-0.1, -0.05) is 11.6 Å². The molecule has 0 saturated heterocycles. The van der Waals surface area contributed by atoms with Crippen LogP contribution in [0.15, 0.2) is 35.1 Å². The maximum absolute atomic E-state index is 14.4. The molecule has 0 fully saturated rings. The minimum absolute atomic E-state index is 0.0392. The van der Waals surface area contributed by atoms with Crippen LogP contribution >= 0.6 is 27.5 Å². The Balaban J connectivity index is 2.08. The largest absolute Gasteiger partial charge is 0.485 e. The van der Waals surface area contributed by atoms with Crippen LogP contribution in [0.4, 0.5) is 21.6 Å². The molecule has 0 aliphatic rings. The smallest absolute Gasteiger partial charge is 0.311 e. The molecule has 0 amide bonds. The van der Waals surface area contributed by atoms with E-state index in [4.69, 9.17) is 22.1 Å². The number of fused-ring (bicyclic) bond motifs is 1. The molecule has 3 rings (SSSR count). The van der Waals surface area contributed by atoms with Gasteiger partial charge >= 0.3 is 5.69 Å². The molecule has 2 aromatic carbocycles. The lowest BCUT2D eigenvalue weighted by molar-refractivity contribution is -0.385. The highest BCUT2D eigenvalue weighted by atomic mass is 79.9. The molecule has 0 bridgehead atoms. The average molecular weight is 471 g/mol. The van der Waals surface area contributed by atoms with Crippen molar-refractivity contribution in [3.63, 3.8) is 0 Å². The summed E-state index contributed by atoms with van der Waals surface area (Å²) in [7, 11) is 0. The SMILES string of the molecule is CC(N)COc1cc2ncnc(Nc3ccc(Br)c(Cl)c3F)c2cc1[N+](=O)[O-]. The van der Waals surface area contributed by atoms with Crippen LogP contribution in [0.5, 0.6) is 5.75 Å². The molecule has 0 radical (unpaired) electrons. The molecule has 0 aliphatic heterocycles. The van der Waals surface area contributed by atoms with E-state index in [0.717, 1.165) is 0 Å². The molecule has 146 valence electrons. The molecule has 3 N–H and O–H groups in total. The van der Waals surface area contributed by atoms with Crippen molar-refractivity contribution in [3.05, 3.63) is 56.0 Å². The van der Waals surface area contributed by atoms with Gasteiger partial charge in [-0.15, -0.1) is 0 Å². The van der Waals surface area contributed by atoms with E-state index in [1.54, 1.807) is 13.0 Å². The van der Waals surface area contributed by atoms with E-state index in [-0.39, 0.29) is 40.6 Å². The number of hydrogen-bond acceptors (Lipinski definition) is 7. The maximum Gasteiger partial charge on any atom is 0.311 e. The number of anilines is 2. The summed E-state index contributed by atoms with van der Waals surface area (Å²) in [6.07, 6.45) is 1.25. The molecule has 11 heteroatoms. The van der Waals surface area contributed by atoms with Crippen LogP contribution in [0.2, 0.25) is 5.02 Å². The first kappa shape index (κ1) is 20.2. The predicted molar refractivity (Wildman–Crippen MR) is 108 cm³/mol. The number of hydrogen-bond donors (Lipinski definition) is 2. The van der Waals surface area contributed by atoms with Crippen LogP contribution in [0.25, 0.3) is 10.9 Å². The summed E-state index contributed by atoms with van der Waals surface area (Å²) in [5.74, 6) is -0.462. The molecule has 1 aromatic heterocycles. The van der Waals surface area contributed by atoms with E-state index in [0.29, 0.717) is 15.4 Å². The van der Waals surface area contributed by atoms with Gasteiger partial charge in [-0.05, 0) is 35.0 Å². The van der Waals surface area contributed by atoms with Crippen LogP contribution in [-0.2, 0) is 0 Å². The third kappa shape index (κ3) is 4.13. The zero-order chi connectivity index (χ0) is 20.4. The van der Waals surface area contributed by atoms with Crippen LogP contribution in [-0.4, -0.2) is 27.5 Å². The van der Waals surface area contributed by atoms with E-state index in [2.05, 4.69) is 31.2 Å². The molecule has 1 unspecified atom stereocenters. The molecule has 3 aromatic rings. The molecule has 0 spiro atoms. The fourth-order valence-corrected chi connectivity index (χ4v) is 2.87. The molecule has 0 aliphatic carbocycles. The van der Waals surface area contributed by atoms with Gasteiger partial charge in [0.05, 0.1) is 26.5 Å². The fraction of sp³-hybridized carbons (Fsp3) is 0.176. The summed E-state index contributed by atoms with van der Waals surface area (Å²) in [5, 5.41) is 14.5. The lowest BCUT2D eigenvalue weighted by Crippen LogP contribution is -2.23. The second kappa shape index (κ2) is 8.21. The van der Waals surface area contributed by atoms with E-state index in [1.165, 1.54) is 24.5 Å². The number of nitrogens with zero attached hydrogens (tertiary/aromatic N) is 3. The van der Waals surface area contributed by atoms with E-state index in [9.17, 15) is 14.5 Å². The van der Waals surface area contributed by atoms with Crippen molar-refractivity contribution in [3.8, 4) is 5.75 Å². The average Bonchev–Trinajstić information content (AvgIpc) is 2.66. The Kier molecular flexibility index (Phi) is 5.92. The molecule has 1 heterocycles. The molecule has 0 saturated carbocycles. The highest BCUT2D eigenvalue weighted by Crippen LogP contribution is 2.36. The Labute approximate surface area is 172 Å². The normalized spacial score (nSPS) is 12.0. The van der Waals surface area contributed by atoms with Crippen molar-refractivity contribution >= 4 is 55.6 Å². The van der Waals surface area contributed by atoms with Crippen molar-refractivity contribution in [2.45, 2.75) is 13.0 Å². The first-order valence-electron chi connectivity index (χ1n) is 8.00. The first-order chi connectivity index (χ1) is 13.3. The number of aromatic nitrogens is 2. The van der Waals surface area contributed by atoms with Crippen molar-refractivity contribution in [2.24, 2.45) is 5.73 Å². The van der Waals surface area contributed by atoms with Gasteiger partial charge in [-0.3, -0.25) is 10.1 Å². The van der Waals surface area contributed by atoms with Crippen molar-refractivity contribution < 1.29 is 14.1 Å². The number of rotatable bonds is 6. The number of nitrogens with one attached hydrogen (secondary N) is 1. The van der Waals surface area contributed by atoms with E-state index >= 15 is 0 Å². The number of benzene rings is 2. The van der Waals surface area contributed by atoms with Gasteiger partial charge in [-0.25, -0.2) is 14.4 Å². The van der Waals surface area contributed by atoms with Gasteiger partial charge in [0.2, 0.25) is 0 Å². The van der Waals surface area contributed by atoms with Gasteiger partial charge in [0.25, 0.3) is 0 Å². The second-order valence-corrected chi connectivity index (χ2v) is 7.18. The highest BCUT2D eigenvalue weighted by molar-refractivity contribution is 9.10. The van der Waals surface area contributed by atoms with Gasteiger partial charge in [0.15, 0.2) is 11.6 Å². The minimum atomic E-state index is -0.686. The van der Waals surface area contributed by atoms with E-state index in [1.807, 2.05) is 0 Å². The topological polar surface area (TPSA) is 116 Å². The quantitative estimate of drug-likeness (QED) is 0.308. The zero-order valence-corrected chi connectivity index (χ0v) is 16.8. The Morgan fingerprint density at radius 1 is 1.43 bits per heavy atom. The lowest BCUT2D eigenvalue weighted by atomic mass is 10.2. The number of nitrogens with two attached hydrogens (primary N) is 1. The summed E-state index contributed by atoms with van der Waals surface area (Å²) in [5.41, 5.74) is 5.81. The molecule has 1 atom stereocenters. The summed E-state index contributed by atoms with van der Waals surface area (Å²) in [6, 6.07) is 5.43. The maximum atomic E-state index is 14.4. The second-order valence-electron chi connectivity index (χ2n) is 5.95. The van der Waals surface area contributed by atoms with Crippen LogP contribution in [0, 0.1) is 15.9 Å². The predicted octanol–water partition coefficient (Wildman–Crippen LogP) is 4.56.